The quantitative estimate of drug-likeness (QED) is 0.310. The number of rotatable bonds is 7. The molecule has 0 aliphatic carbocycles. The average molecular weight is 442 g/mol. The SMILES string of the molecule is CCOC(=O)c1ccc(NC(=O)c2nc(SCc3cccc(C)c3)ncc2Cl)cc1. The summed E-state index contributed by atoms with van der Waals surface area (Å²) in [6.45, 7) is 4.08. The first-order valence-electron chi connectivity index (χ1n) is 9.25. The number of nitrogens with one attached hydrogen (secondary N) is 1. The van der Waals surface area contributed by atoms with Crippen LogP contribution in [-0.4, -0.2) is 28.5 Å². The summed E-state index contributed by atoms with van der Waals surface area (Å²) in [5.74, 6) is -0.187. The lowest BCUT2D eigenvalue weighted by molar-refractivity contribution is 0.0526. The molecule has 1 aromatic heterocycles. The normalized spacial score (nSPS) is 10.5. The monoisotopic (exact) mass is 441 g/mol. The van der Waals surface area contributed by atoms with Gasteiger partial charge in [0.2, 0.25) is 0 Å². The Kier molecular flexibility index (Phi) is 7.43. The molecule has 0 atom stereocenters. The summed E-state index contributed by atoms with van der Waals surface area (Å²) < 4.78 is 4.95. The minimum absolute atomic E-state index is 0.0906. The number of thioether (sulfide) groups is 1. The molecule has 30 heavy (non-hydrogen) atoms. The number of carbonyl (C=O) groups is 2. The highest BCUT2D eigenvalue weighted by molar-refractivity contribution is 7.98. The van der Waals surface area contributed by atoms with Crippen LogP contribution in [0.15, 0.2) is 59.9 Å². The van der Waals surface area contributed by atoms with E-state index in [4.69, 9.17) is 16.3 Å². The Morgan fingerprint density at radius 1 is 1.17 bits per heavy atom. The van der Waals surface area contributed by atoms with Crippen LogP contribution in [0.2, 0.25) is 5.02 Å². The highest BCUT2D eigenvalue weighted by Crippen LogP contribution is 2.23. The summed E-state index contributed by atoms with van der Waals surface area (Å²) in [6.07, 6.45) is 1.42. The van der Waals surface area contributed by atoms with Crippen LogP contribution in [0.3, 0.4) is 0 Å². The van der Waals surface area contributed by atoms with Gasteiger partial charge >= 0.3 is 5.97 Å². The van der Waals surface area contributed by atoms with Crippen LogP contribution in [0.5, 0.6) is 0 Å². The molecule has 0 unspecified atom stereocenters. The first kappa shape index (κ1) is 21.8. The Morgan fingerprint density at radius 2 is 1.93 bits per heavy atom. The lowest BCUT2D eigenvalue weighted by Gasteiger charge is -2.08. The second kappa shape index (κ2) is 10.2. The van der Waals surface area contributed by atoms with Gasteiger partial charge in [-0.2, -0.15) is 0 Å². The van der Waals surface area contributed by atoms with Gasteiger partial charge in [-0.25, -0.2) is 14.8 Å². The van der Waals surface area contributed by atoms with Crippen molar-refractivity contribution in [2.45, 2.75) is 24.8 Å². The number of halogens is 1. The van der Waals surface area contributed by atoms with Crippen LogP contribution in [0.1, 0.15) is 38.9 Å². The molecule has 0 bridgehead atoms. The fourth-order valence-electron chi connectivity index (χ4n) is 2.62. The van der Waals surface area contributed by atoms with E-state index in [0.717, 1.165) is 5.56 Å². The molecule has 154 valence electrons. The third kappa shape index (κ3) is 5.81. The van der Waals surface area contributed by atoms with Crippen LogP contribution in [0.25, 0.3) is 0 Å². The smallest absolute Gasteiger partial charge is 0.338 e. The van der Waals surface area contributed by atoms with E-state index in [1.54, 1.807) is 31.2 Å². The van der Waals surface area contributed by atoms with Crippen molar-refractivity contribution in [1.29, 1.82) is 0 Å². The maximum absolute atomic E-state index is 12.6. The average Bonchev–Trinajstić information content (AvgIpc) is 2.74. The Balaban J connectivity index is 1.68. The molecule has 0 fully saturated rings. The van der Waals surface area contributed by atoms with Crippen molar-refractivity contribution in [3.63, 3.8) is 0 Å². The van der Waals surface area contributed by atoms with Crippen molar-refractivity contribution in [1.82, 2.24) is 9.97 Å². The molecule has 0 saturated carbocycles. The summed E-state index contributed by atoms with van der Waals surface area (Å²) in [7, 11) is 0. The Hall–Kier alpha value is -2.90. The van der Waals surface area contributed by atoms with Gasteiger partial charge in [-0.1, -0.05) is 53.2 Å². The molecule has 1 amide bonds. The van der Waals surface area contributed by atoms with E-state index < -0.39 is 11.9 Å². The van der Waals surface area contributed by atoms with Gasteiger partial charge in [0.15, 0.2) is 10.9 Å². The predicted molar refractivity (Wildman–Crippen MR) is 118 cm³/mol. The third-order valence-corrected chi connectivity index (χ3v) is 5.25. The van der Waals surface area contributed by atoms with Crippen molar-refractivity contribution in [3.05, 3.63) is 82.1 Å². The second-order valence-corrected chi connectivity index (χ2v) is 7.73. The summed E-state index contributed by atoms with van der Waals surface area (Å²) >= 11 is 7.57. The lowest BCUT2D eigenvalue weighted by atomic mass is 10.2. The van der Waals surface area contributed by atoms with Crippen molar-refractivity contribution in [2.24, 2.45) is 0 Å². The maximum atomic E-state index is 12.6. The molecule has 0 aliphatic heterocycles. The fourth-order valence-corrected chi connectivity index (χ4v) is 3.56. The molecule has 1 N–H and O–H groups in total. The molecular formula is C22H20ClN3O3S. The van der Waals surface area contributed by atoms with Gasteiger partial charge in [0.1, 0.15) is 0 Å². The summed E-state index contributed by atoms with van der Waals surface area (Å²) in [5, 5.41) is 3.35. The molecule has 1 heterocycles. The van der Waals surface area contributed by atoms with Gasteiger partial charge in [-0.3, -0.25) is 4.79 Å². The number of hydrogen-bond donors (Lipinski definition) is 1. The van der Waals surface area contributed by atoms with E-state index in [0.29, 0.717) is 28.8 Å². The van der Waals surface area contributed by atoms with Crippen molar-refractivity contribution >= 4 is 40.9 Å². The highest BCUT2D eigenvalue weighted by atomic mass is 35.5. The molecule has 3 aromatic rings. The molecular weight excluding hydrogens is 422 g/mol. The molecule has 3 rings (SSSR count). The molecule has 0 radical (unpaired) electrons. The van der Waals surface area contributed by atoms with Gasteiger partial charge in [0.25, 0.3) is 5.91 Å². The molecule has 6 nitrogen and oxygen atoms in total. The van der Waals surface area contributed by atoms with Crippen LogP contribution in [-0.2, 0) is 10.5 Å². The van der Waals surface area contributed by atoms with Gasteiger partial charge < -0.3 is 10.1 Å². The zero-order chi connectivity index (χ0) is 21.5. The summed E-state index contributed by atoms with van der Waals surface area (Å²) in [6, 6.07) is 14.6. The predicted octanol–water partition coefficient (Wildman–Crippen LogP) is 5.16. The zero-order valence-corrected chi connectivity index (χ0v) is 18.1. The van der Waals surface area contributed by atoms with E-state index in [1.807, 2.05) is 25.1 Å². The van der Waals surface area contributed by atoms with Gasteiger partial charge in [-0.05, 0) is 43.7 Å². The summed E-state index contributed by atoms with van der Waals surface area (Å²) in [4.78, 5) is 32.9. The Morgan fingerprint density at radius 3 is 2.63 bits per heavy atom. The first-order chi connectivity index (χ1) is 14.5. The number of amides is 1. The topological polar surface area (TPSA) is 81.2 Å². The number of hydrogen-bond acceptors (Lipinski definition) is 6. The number of nitrogens with zero attached hydrogens (tertiary/aromatic N) is 2. The van der Waals surface area contributed by atoms with Crippen molar-refractivity contribution < 1.29 is 14.3 Å². The largest absolute Gasteiger partial charge is 0.462 e. The number of aromatic nitrogens is 2. The van der Waals surface area contributed by atoms with Crippen LogP contribution < -0.4 is 5.32 Å². The Bertz CT molecular complexity index is 1060. The number of aryl methyl sites for hydroxylation is 1. The molecule has 8 heteroatoms. The van der Waals surface area contributed by atoms with E-state index in [2.05, 4.69) is 21.4 Å². The van der Waals surface area contributed by atoms with Crippen molar-refractivity contribution in [3.8, 4) is 0 Å². The fraction of sp³-hybridized carbons (Fsp3) is 0.182. The maximum Gasteiger partial charge on any atom is 0.338 e. The van der Waals surface area contributed by atoms with Crippen LogP contribution in [0, 0.1) is 6.92 Å². The number of esters is 1. The van der Waals surface area contributed by atoms with Gasteiger partial charge in [0, 0.05) is 11.4 Å². The number of ether oxygens (including phenoxy) is 1. The van der Waals surface area contributed by atoms with Crippen molar-refractivity contribution in [2.75, 3.05) is 11.9 Å². The van der Waals surface area contributed by atoms with Crippen LogP contribution >= 0.6 is 23.4 Å². The zero-order valence-electron chi connectivity index (χ0n) is 16.5. The lowest BCUT2D eigenvalue weighted by Crippen LogP contribution is -2.15. The van der Waals surface area contributed by atoms with E-state index >= 15 is 0 Å². The number of carbonyl (C=O) groups excluding carboxylic acids is 2. The molecule has 0 saturated heterocycles. The van der Waals surface area contributed by atoms with Gasteiger partial charge in [0.05, 0.1) is 23.4 Å². The number of benzene rings is 2. The minimum Gasteiger partial charge on any atom is -0.462 e. The molecule has 0 aliphatic rings. The van der Waals surface area contributed by atoms with Gasteiger partial charge in [-0.15, -0.1) is 0 Å². The standard InChI is InChI=1S/C22H20ClN3O3S/c1-3-29-21(28)16-7-9-17(10-8-16)25-20(27)19-18(23)12-24-22(26-19)30-13-15-6-4-5-14(2)11-15/h4-12H,3,13H2,1-2H3,(H,25,27). The first-order valence-corrected chi connectivity index (χ1v) is 10.6. The Labute approximate surface area is 184 Å². The third-order valence-electron chi connectivity index (χ3n) is 4.04. The van der Waals surface area contributed by atoms with E-state index in [9.17, 15) is 9.59 Å². The van der Waals surface area contributed by atoms with E-state index in [-0.39, 0.29) is 10.7 Å². The second-order valence-electron chi connectivity index (χ2n) is 6.38. The highest BCUT2D eigenvalue weighted by Gasteiger charge is 2.15. The number of anilines is 1. The molecule has 2 aromatic carbocycles. The molecule has 0 spiro atoms. The van der Waals surface area contributed by atoms with Crippen LogP contribution in [0.4, 0.5) is 5.69 Å². The summed E-state index contributed by atoms with van der Waals surface area (Å²) in [5.41, 5.74) is 3.33. The van der Waals surface area contributed by atoms with E-state index in [1.165, 1.54) is 23.5 Å². The minimum atomic E-state index is -0.455.